The van der Waals surface area contributed by atoms with Crippen molar-refractivity contribution in [2.75, 3.05) is 43.4 Å². The highest BCUT2D eigenvalue weighted by atomic mass is 19.4. The largest absolute Gasteiger partial charge is 0.490 e. The molecule has 198 valence electrons. The summed E-state index contributed by atoms with van der Waals surface area (Å²) in [5, 5.41) is 20.9. The van der Waals surface area contributed by atoms with Crippen molar-refractivity contribution >= 4 is 39.4 Å². The lowest BCUT2D eigenvalue weighted by molar-refractivity contribution is -0.192. The molecule has 2 aromatic heterocycles. The summed E-state index contributed by atoms with van der Waals surface area (Å²) < 4.78 is 34.1. The number of nitrogens with zero attached hydrogens (tertiary/aromatic N) is 4. The molecule has 0 aliphatic carbocycles. The van der Waals surface area contributed by atoms with Crippen LogP contribution in [-0.4, -0.2) is 69.7 Å². The summed E-state index contributed by atoms with van der Waals surface area (Å²) in [5.41, 5.74) is 10.4. The molecule has 0 spiro atoms. The zero-order valence-electron chi connectivity index (χ0n) is 20.3. The number of hydrogen-bond donors (Lipinski definition) is 4. The molecule has 0 amide bonds. The summed E-state index contributed by atoms with van der Waals surface area (Å²) in [6.07, 6.45) is -0.218. The Balaban J connectivity index is 0.000000454. The normalized spacial score (nSPS) is 14.2. The Kier molecular flexibility index (Phi) is 9.32. The highest BCUT2D eigenvalue weighted by molar-refractivity contribution is 6.07. The zero-order valence-corrected chi connectivity index (χ0v) is 20.3. The van der Waals surface area contributed by atoms with E-state index in [0.717, 1.165) is 92.6 Å². The SMILES string of the molecule is CCCCc1nc2c(N)nc3ccc(N4CCNCC4)cc3c2n1CCCCO.O=C(O)C(F)(F)F. The number of unbranched alkanes of at least 4 members (excludes halogenated alkanes) is 2. The van der Waals surface area contributed by atoms with E-state index >= 15 is 0 Å². The molecular weight excluding hydrogens is 477 g/mol. The number of carbonyl (C=O) groups is 1. The third kappa shape index (κ3) is 6.55. The van der Waals surface area contributed by atoms with Crippen LogP contribution < -0.4 is 16.0 Å². The number of carboxylic acids is 1. The first-order chi connectivity index (χ1) is 17.2. The quantitative estimate of drug-likeness (QED) is 0.340. The number of nitrogens with one attached hydrogen (secondary N) is 1. The summed E-state index contributed by atoms with van der Waals surface area (Å²) in [7, 11) is 0. The number of alkyl halides is 3. The van der Waals surface area contributed by atoms with Gasteiger partial charge in [-0.25, -0.2) is 14.8 Å². The molecule has 1 fully saturated rings. The summed E-state index contributed by atoms with van der Waals surface area (Å²) in [5.74, 6) is -1.18. The smallest absolute Gasteiger partial charge is 0.475 e. The van der Waals surface area contributed by atoms with E-state index in [1.165, 1.54) is 5.69 Å². The minimum Gasteiger partial charge on any atom is -0.475 e. The zero-order chi connectivity index (χ0) is 26.3. The Morgan fingerprint density at radius 3 is 2.47 bits per heavy atom. The number of nitrogen functional groups attached to an aromatic ring is 1. The molecule has 0 radical (unpaired) electrons. The number of carboxylic acid groups (broad SMARTS) is 1. The van der Waals surface area contributed by atoms with Gasteiger partial charge in [0, 0.05) is 56.8 Å². The summed E-state index contributed by atoms with van der Waals surface area (Å²) >= 11 is 0. The van der Waals surface area contributed by atoms with Crippen LogP contribution in [0.25, 0.3) is 21.9 Å². The number of aliphatic hydroxyl groups is 1. The van der Waals surface area contributed by atoms with E-state index in [4.69, 9.17) is 20.6 Å². The number of aliphatic hydroxyl groups excluding tert-OH is 1. The van der Waals surface area contributed by atoms with E-state index in [-0.39, 0.29) is 6.61 Å². The molecule has 3 heterocycles. The molecule has 1 aliphatic rings. The maximum absolute atomic E-state index is 10.6. The Hall–Kier alpha value is -3.12. The van der Waals surface area contributed by atoms with Crippen LogP contribution in [0.2, 0.25) is 0 Å². The topological polar surface area (TPSA) is 130 Å². The van der Waals surface area contributed by atoms with Crippen molar-refractivity contribution in [2.24, 2.45) is 0 Å². The van der Waals surface area contributed by atoms with Crippen molar-refractivity contribution in [3.05, 3.63) is 24.0 Å². The van der Waals surface area contributed by atoms with Crippen LogP contribution in [0.5, 0.6) is 0 Å². The second-order valence-corrected chi connectivity index (χ2v) is 8.65. The van der Waals surface area contributed by atoms with Crippen LogP contribution in [0.1, 0.15) is 38.4 Å². The lowest BCUT2D eigenvalue weighted by Crippen LogP contribution is -2.43. The van der Waals surface area contributed by atoms with Crippen molar-refractivity contribution in [3.8, 4) is 0 Å². The molecule has 0 atom stereocenters. The molecule has 3 aromatic rings. The van der Waals surface area contributed by atoms with Gasteiger partial charge in [-0.05, 0) is 37.5 Å². The van der Waals surface area contributed by atoms with Gasteiger partial charge in [0.25, 0.3) is 0 Å². The minimum atomic E-state index is -5.08. The highest BCUT2D eigenvalue weighted by Crippen LogP contribution is 2.32. The number of rotatable bonds is 8. The van der Waals surface area contributed by atoms with Gasteiger partial charge in [-0.2, -0.15) is 13.2 Å². The molecular formula is C24H33F3N6O3. The van der Waals surface area contributed by atoms with E-state index in [1.807, 2.05) is 0 Å². The number of nitrogens with two attached hydrogens (primary N) is 1. The van der Waals surface area contributed by atoms with E-state index in [1.54, 1.807) is 0 Å². The molecule has 1 aromatic carbocycles. The van der Waals surface area contributed by atoms with Gasteiger partial charge in [-0.15, -0.1) is 0 Å². The summed E-state index contributed by atoms with van der Waals surface area (Å²) in [6, 6.07) is 6.49. The number of imidazole rings is 1. The molecule has 12 heteroatoms. The summed E-state index contributed by atoms with van der Waals surface area (Å²) in [4.78, 5) is 20.9. The van der Waals surface area contributed by atoms with Gasteiger partial charge in [-0.1, -0.05) is 13.3 Å². The number of fused-ring (bicyclic) bond motifs is 3. The molecule has 0 saturated carbocycles. The number of halogens is 3. The van der Waals surface area contributed by atoms with Crippen LogP contribution in [0.3, 0.4) is 0 Å². The van der Waals surface area contributed by atoms with Gasteiger partial charge >= 0.3 is 12.1 Å². The second-order valence-electron chi connectivity index (χ2n) is 8.65. The molecule has 0 bridgehead atoms. The highest BCUT2D eigenvalue weighted by Gasteiger charge is 2.38. The maximum Gasteiger partial charge on any atom is 0.490 e. The number of pyridine rings is 1. The van der Waals surface area contributed by atoms with Gasteiger partial charge < -0.3 is 30.7 Å². The first-order valence-corrected chi connectivity index (χ1v) is 12.1. The van der Waals surface area contributed by atoms with Crippen molar-refractivity contribution in [1.29, 1.82) is 0 Å². The van der Waals surface area contributed by atoms with Crippen LogP contribution in [0.15, 0.2) is 18.2 Å². The standard InChI is InChI=1S/C22H32N6O.C2HF3O2/c1-2-3-6-19-26-20-21(28(19)11-4-5-14-29)17-15-16(27-12-9-24-10-13-27)7-8-18(17)25-22(20)23;3-2(4,5)1(6)7/h7-8,15,24,29H,2-6,9-14H2,1H3,(H2,23,25);(H,6,7). The molecule has 5 N–H and O–H groups in total. The number of aryl methyl sites for hydroxylation is 2. The number of aromatic nitrogens is 3. The molecule has 1 aliphatic heterocycles. The number of benzene rings is 1. The van der Waals surface area contributed by atoms with Crippen molar-refractivity contribution < 1.29 is 28.2 Å². The number of aliphatic carboxylic acids is 1. The predicted octanol–water partition coefficient (Wildman–Crippen LogP) is 3.32. The summed E-state index contributed by atoms with van der Waals surface area (Å²) in [6.45, 7) is 7.29. The lowest BCUT2D eigenvalue weighted by Gasteiger charge is -2.29. The molecule has 0 unspecified atom stereocenters. The Morgan fingerprint density at radius 1 is 1.17 bits per heavy atom. The Bertz CT molecular complexity index is 1180. The third-order valence-electron chi connectivity index (χ3n) is 6.03. The van der Waals surface area contributed by atoms with Gasteiger partial charge in [0.15, 0.2) is 5.82 Å². The predicted molar refractivity (Wildman–Crippen MR) is 133 cm³/mol. The van der Waals surface area contributed by atoms with Crippen LogP contribution in [0.4, 0.5) is 24.7 Å². The van der Waals surface area contributed by atoms with Gasteiger partial charge in [0.1, 0.15) is 11.3 Å². The number of hydrogen-bond acceptors (Lipinski definition) is 7. The molecule has 9 nitrogen and oxygen atoms in total. The van der Waals surface area contributed by atoms with Gasteiger partial charge in [0.2, 0.25) is 0 Å². The molecule has 1 saturated heterocycles. The van der Waals surface area contributed by atoms with E-state index < -0.39 is 12.1 Å². The van der Waals surface area contributed by atoms with Crippen LogP contribution in [0, 0.1) is 0 Å². The second kappa shape index (κ2) is 12.2. The van der Waals surface area contributed by atoms with Gasteiger partial charge in [-0.3, -0.25) is 0 Å². The van der Waals surface area contributed by atoms with Crippen LogP contribution >= 0.6 is 0 Å². The average Bonchev–Trinajstić information content (AvgIpc) is 3.22. The van der Waals surface area contributed by atoms with Crippen molar-refractivity contribution in [1.82, 2.24) is 19.9 Å². The van der Waals surface area contributed by atoms with E-state index in [0.29, 0.717) is 5.82 Å². The monoisotopic (exact) mass is 510 g/mol. The Labute approximate surface area is 207 Å². The first-order valence-electron chi connectivity index (χ1n) is 12.1. The van der Waals surface area contributed by atoms with E-state index in [2.05, 4.69) is 44.9 Å². The fraction of sp³-hybridized carbons (Fsp3) is 0.542. The van der Waals surface area contributed by atoms with E-state index in [9.17, 15) is 18.3 Å². The maximum atomic E-state index is 10.6. The number of anilines is 2. The molecule has 36 heavy (non-hydrogen) atoms. The van der Waals surface area contributed by atoms with Gasteiger partial charge in [0.05, 0.1) is 11.0 Å². The molecule has 4 rings (SSSR count). The fourth-order valence-electron chi connectivity index (χ4n) is 4.21. The van der Waals surface area contributed by atoms with Crippen molar-refractivity contribution in [3.63, 3.8) is 0 Å². The Morgan fingerprint density at radius 2 is 1.86 bits per heavy atom. The third-order valence-corrected chi connectivity index (χ3v) is 6.03. The van der Waals surface area contributed by atoms with Crippen LogP contribution in [-0.2, 0) is 17.8 Å². The van der Waals surface area contributed by atoms with Crippen molar-refractivity contribution in [2.45, 2.75) is 51.7 Å². The lowest BCUT2D eigenvalue weighted by atomic mass is 10.1. The first kappa shape index (κ1) is 27.5. The fourth-order valence-corrected chi connectivity index (χ4v) is 4.21. The number of piperazine rings is 1. The minimum absolute atomic E-state index is 0.217. The average molecular weight is 511 g/mol.